The normalized spacial score (nSPS) is 22.6. The lowest BCUT2D eigenvalue weighted by molar-refractivity contribution is -0.0173. The van der Waals surface area contributed by atoms with Gasteiger partial charge in [-0.2, -0.15) is 0 Å². The number of nitrogens with zero attached hydrogens (tertiary/aromatic N) is 1. The molecule has 1 saturated heterocycles. The quantitative estimate of drug-likeness (QED) is 0.803. The van der Waals surface area contributed by atoms with E-state index in [0.717, 1.165) is 19.4 Å². The van der Waals surface area contributed by atoms with Crippen LogP contribution in [0.2, 0.25) is 0 Å². The molecule has 94 valence electrons. The topological polar surface area (TPSA) is 55.6 Å². The Balaban J connectivity index is 2.52. The third-order valence-electron chi connectivity index (χ3n) is 3.07. The Bertz CT molecular complexity index is 244. The first-order chi connectivity index (χ1) is 7.39. The molecule has 0 bridgehead atoms. The first-order valence-electron chi connectivity index (χ1n) is 6.08. The predicted octanol–water partition coefficient (Wildman–Crippen LogP) is 1.98. The van der Waals surface area contributed by atoms with Crippen LogP contribution < -0.4 is 5.73 Å². The van der Waals surface area contributed by atoms with Gasteiger partial charge < -0.3 is 15.4 Å². The second kappa shape index (κ2) is 5.04. The van der Waals surface area contributed by atoms with Gasteiger partial charge in [0.1, 0.15) is 5.60 Å². The number of hydrogen-bond acceptors (Lipinski definition) is 3. The molecule has 16 heavy (non-hydrogen) atoms. The summed E-state index contributed by atoms with van der Waals surface area (Å²) >= 11 is 0. The number of carbonyl (C=O) groups excluding carboxylic acids is 1. The highest BCUT2D eigenvalue weighted by Crippen LogP contribution is 2.28. The molecule has 1 aliphatic heterocycles. The molecular weight excluding hydrogens is 204 g/mol. The van der Waals surface area contributed by atoms with E-state index in [4.69, 9.17) is 10.5 Å². The van der Waals surface area contributed by atoms with Crippen molar-refractivity contribution in [2.75, 3.05) is 13.1 Å². The third-order valence-corrected chi connectivity index (χ3v) is 3.07. The molecule has 2 N–H and O–H groups in total. The number of nitrogens with two attached hydrogens (primary N) is 1. The monoisotopic (exact) mass is 228 g/mol. The van der Waals surface area contributed by atoms with Gasteiger partial charge in [-0.25, -0.2) is 4.79 Å². The molecule has 2 atom stereocenters. The van der Waals surface area contributed by atoms with Gasteiger partial charge in [0.05, 0.1) is 0 Å². The summed E-state index contributed by atoms with van der Waals surface area (Å²) in [7, 11) is 0. The van der Waals surface area contributed by atoms with Gasteiger partial charge in [0, 0.05) is 12.6 Å². The van der Waals surface area contributed by atoms with Crippen LogP contribution in [-0.2, 0) is 4.74 Å². The molecule has 0 aromatic carbocycles. The van der Waals surface area contributed by atoms with Crippen LogP contribution in [0.25, 0.3) is 0 Å². The number of carbonyl (C=O) groups is 1. The van der Waals surface area contributed by atoms with Gasteiger partial charge in [0.15, 0.2) is 0 Å². The zero-order chi connectivity index (χ0) is 12.3. The van der Waals surface area contributed by atoms with E-state index in [1.807, 2.05) is 25.7 Å². The average molecular weight is 228 g/mol. The molecular formula is C12H24N2O2. The molecule has 0 aromatic rings. The van der Waals surface area contributed by atoms with Crippen LogP contribution in [0, 0.1) is 5.92 Å². The van der Waals surface area contributed by atoms with E-state index in [0.29, 0.717) is 12.5 Å². The first-order valence-corrected chi connectivity index (χ1v) is 6.08. The summed E-state index contributed by atoms with van der Waals surface area (Å²) in [5.41, 5.74) is 5.29. The molecule has 1 amide bonds. The van der Waals surface area contributed by atoms with Crippen LogP contribution in [0.3, 0.4) is 0 Å². The second-order valence-electron chi connectivity index (χ2n) is 5.43. The van der Waals surface area contributed by atoms with E-state index in [2.05, 4.69) is 6.92 Å². The Morgan fingerprint density at radius 3 is 2.50 bits per heavy atom. The maximum atomic E-state index is 11.9. The van der Waals surface area contributed by atoms with Gasteiger partial charge in [-0.3, -0.25) is 0 Å². The van der Waals surface area contributed by atoms with Crippen molar-refractivity contribution in [2.45, 2.75) is 52.2 Å². The van der Waals surface area contributed by atoms with E-state index in [1.165, 1.54) is 0 Å². The Morgan fingerprint density at radius 1 is 1.56 bits per heavy atom. The van der Waals surface area contributed by atoms with E-state index < -0.39 is 5.60 Å². The van der Waals surface area contributed by atoms with Gasteiger partial charge in [0.25, 0.3) is 0 Å². The molecule has 0 radical (unpaired) electrons. The average Bonchev–Trinajstić information content (AvgIpc) is 2.08. The smallest absolute Gasteiger partial charge is 0.410 e. The maximum absolute atomic E-state index is 11.9. The van der Waals surface area contributed by atoms with Crippen molar-refractivity contribution < 1.29 is 9.53 Å². The zero-order valence-electron chi connectivity index (χ0n) is 10.8. The zero-order valence-corrected chi connectivity index (χ0v) is 10.8. The van der Waals surface area contributed by atoms with Crippen LogP contribution in [-0.4, -0.2) is 35.7 Å². The van der Waals surface area contributed by atoms with Gasteiger partial charge in [-0.1, -0.05) is 13.3 Å². The second-order valence-corrected chi connectivity index (χ2v) is 5.43. The van der Waals surface area contributed by atoms with Crippen LogP contribution >= 0.6 is 0 Å². The van der Waals surface area contributed by atoms with Crippen LogP contribution in [0.1, 0.15) is 40.5 Å². The Hall–Kier alpha value is -0.770. The lowest BCUT2D eigenvalue weighted by Gasteiger charge is -2.45. The highest BCUT2D eigenvalue weighted by molar-refractivity contribution is 5.69. The summed E-state index contributed by atoms with van der Waals surface area (Å²) in [6.07, 6.45) is 1.87. The van der Waals surface area contributed by atoms with Crippen LogP contribution in [0.15, 0.2) is 0 Å². The molecule has 1 aliphatic rings. The minimum atomic E-state index is -0.415. The van der Waals surface area contributed by atoms with Gasteiger partial charge in [-0.15, -0.1) is 0 Å². The van der Waals surface area contributed by atoms with Crippen LogP contribution in [0.4, 0.5) is 4.79 Å². The lowest BCUT2D eigenvalue weighted by atomic mass is 9.88. The molecule has 1 heterocycles. The predicted molar refractivity (Wildman–Crippen MR) is 64.2 cm³/mol. The van der Waals surface area contributed by atoms with E-state index in [9.17, 15) is 4.79 Å². The Kier molecular flexibility index (Phi) is 4.19. The molecule has 0 saturated carbocycles. The van der Waals surface area contributed by atoms with E-state index >= 15 is 0 Å². The number of hydrogen-bond donors (Lipinski definition) is 1. The van der Waals surface area contributed by atoms with Crippen molar-refractivity contribution in [1.82, 2.24) is 4.90 Å². The number of likely N-dealkylation sites (tertiary alicyclic amines) is 1. The van der Waals surface area contributed by atoms with Crippen molar-refractivity contribution >= 4 is 6.09 Å². The lowest BCUT2D eigenvalue weighted by Crippen LogP contribution is -2.57. The van der Waals surface area contributed by atoms with Crippen molar-refractivity contribution in [3.8, 4) is 0 Å². The minimum Gasteiger partial charge on any atom is -0.444 e. The molecule has 0 spiro atoms. The van der Waals surface area contributed by atoms with Crippen molar-refractivity contribution in [3.63, 3.8) is 0 Å². The minimum absolute atomic E-state index is 0.198. The fourth-order valence-electron chi connectivity index (χ4n) is 2.04. The van der Waals surface area contributed by atoms with Gasteiger partial charge in [-0.05, 0) is 39.7 Å². The third kappa shape index (κ3) is 3.11. The SMILES string of the molecule is CCC(CN)C1CCN1C(=O)OC(C)(C)C. The molecule has 2 unspecified atom stereocenters. The van der Waals surface area contributed by atoms with Gasteiger partial charge >= 0.3 is 6.09 Å². The number of ether oxygens (including phenoxy) is 1. The first kappa shape index (κ1) is 13.3. The van der Waals surface area contributed by atoms with Crippen molar-refractivity contribution in [1.29, 1.82) is 0 Å². The molecule has 4 heteroatoms. The van der Waals surface area contributed by atoms with E-state index in [1.54, 1.807) is 0 Å². The van der Waals surface area contributed by atoms with Crippen molar-refractivity contribution in [2.24, 2.45) is 11.7 Å². The summed E-state index contributed by atoms with van der Waals surface area (Å²) in [5.74, 6) is 0.404. The fraction of sp³-hybridized carbons (Fsp3) is 0.917. The van der Waals surface area contributed by atoms with Crippen LogP contribution in [0.5, 0.6) is 0 Å². The van der Waals surface area contributed by atoms with E-state index in [-0.39, 0.29) is 12.1 Å². The number of amides is 1. The summed E-state index contributed by atoms with van der Waals surface area (Å²) in [5, 5.41) is 0. The Morgan fingerprint density at radius 2 is 2.19 bits per heavy atom. The Labute approximate surface area is 98.1 Å². The number of rotatable bonds is 3. The van der Waals surface area contributed by atoms with Gasteiger partial charge in [0.2, 0.25) is 0 Å². The summed E-state index contributed by atoms with van der Waals surface area (Å²) in [6, 6.07) is 0.282. The highest BCUT2D eigenvalue weighted by atomic mass is 16.6. The van der Waals surface area contributed by atoms with Crippen molar-refractivity contribution in [3.05, 3.63) is 0 Å². The molecule has 0 aromatic heterocycles. The summed E-state index contributed by atoms with van der Waals surface area (Å²) in [4.78, 5) is 13.7. The molecule has 1 rings (SSSR count). The standard InChI is InChI=1S/C12H24N2O2/c1-5-9(8-13)10-6-7-14(10)11(15)16-12(2,3)4/h9-10H,5-8,13H2,1-4H3. The molecule has 4 nitrogen and oxygen atoms in total. The summed E-state index contributed by atoms with van der Waals surface area (Å²) in [6.45, 7) is 9.22. The highest BCUT2D eigenvalue weighted by Gasteiger charge is 2.38. The molecule has 1 fully saturated rings. The largest absolute Gasteiger partial charge is 0.444 e. The summed E-state index contributed by atoms with van der Waals surface area (Å²) < 4.78 is 5.36. The molecule has 0 aliphatic carbocycles. The fourth-order valence-corrected chi connectivity index (χ4v) is 2.04. The maximum Gasteiger partial charge on any atom is 0.410 e.